The number of oxazole rings is 1. The molecule has 0 saturated carbocycles. The summed E-state index contributed by atoms with van der Waals surface area (Å²) in [5.41, 5.74) is 2.54. The molecular formula is C35H40N4O3S2Si. The molecule has 7 nitrogen and oxygen atoms in total. The molecule has 0 spiro atoms. The second-order valence-electron chi connectivity index (χ2n) is 13.0. The number of rotatable bonds is 11. The Balaban J connectivity index is 1.19. The van der Waals surface area contributed by atoms with Gasteiger partial charge in [-0.1, -0.05) is 120 Å². The number of carbonyl (C=O) groups excluding carboxylic acids is 1. The van der Waals surface area contributed by atoms with Crippen LogP contribution < -0.4 is 15.7 Å². The smallest absolute Gasteiger partial charge is 0.261 e. The Hall–Kier alpha value is -3.57. The van der Waals surface area contributed by atoms with E-state index < -0.39 is 8.32 Å². The number of anilines is 1. The van der Waals surface area contributed by atoms with Crippen molar-refractivity contribution >= 4 is 52.8 Å². The summed E-state index contributed by atoms with van der Waals surface area (Å²) < 4.78 is 13.6. The van der Waals surface area contributed by atoms with Crippen LogP contribution in [0.1, 0.15) is 64.4 Å². The molecule has 0 atom stereocenters. The van der Waals surface area contributed by atoms with Crippen molar-refractivity contribution in [1.29, 1.82) is 0 Å². The molecular weight excluding hydrogens is 617 g/mol. The van der Waals surface area contributed by atoms with Crippen molar-refractivity contribution in [2.75, 3.05) is 5.32 Å². The van der Waals surface area contributed by atoms with Crippen LogP contribution in [0.25, 0.3) is 0 Å². The highest BCUT2D eigenvalue weighted by molar-refractivity contribution is 8.00. The summed E-state index contributed by atoms with van der Waals surface area (Å²) in [7, 11) is -2.67. The Morgan fingerprint density at radius 3 is 2.13 bits per heavy atom. The molecule has 2 aromatic carbocycles. The van der Waals surface area contributed by atoms with Gasteiger partial charge in [0.1, 0.15) is 6.26 Å². The van der Waals surface area contributed by atoms with Crippen LogP contribution in [-0.4, -0.2) is 29.2 Å². The van der Waals surface area contributed by atoms with Crippen LogP contribution in [-0.2, 0) is 33.4 Å². The fourth-order valence-electron chi connectivity index (χ4n) is 5.18. The average molecular weight is 657 g/mol. The number of carbonyl (C=O) groups is 1. The Bertz CT molecular complexity index is 1650. The molecule has 1 amide bonds. The summed E-state index contributed by atoms with van der Waals surface area (Å²) in [6, 6.07) is 25.0. The van der Waals surface area contributed by atoms with Gasteiger partial charge in [0.2, 0.25) is 11.8 Å². The van der Waals surface area contributed by atoms with Gasteiger partial charge in [-0.3, -0.25) is 9.78 Å². The Morgan fingerprint density at radius 2 is 1.58 bits per heavy atom. The monoisotopic (exact) mass is 656 g/mol. The second-order valence-corrected chi connectivity index (χ2v) is 19.6. The van der Waals surface area contributed by atoms with E-state index in [1.807, 2.05) is 24.3 Å². The highest BCUT2D eigenvalue weighted by Gasteiger charge is 2.50. The average Bonchev–Trinajstić information content (AvgIpc) is 3.67. The molecule has 5 aromatic rings. The van der Waals surface area contributed by atoms with Crippen molar-refractivity contribution in [3.8, 4) is 0 Å². The van der Waals surface area contributed by atoms with Crippen molar-refractivity contribution in [3.05, 3.63) is 114 Å². The molecule has 10 heteroatoms. The summed E-state index contributed by atoms with van der Waals surface area (Å²) in [5.74, 6) is 1.14. The van der Waals surface area contributed by atoms with Crippen molar-refractivity contribution in [2.24, 2.45) is 0 Å². The third-order valence-corrected chi connectivity index (χ3v) is 14.6. The number of thiazole rings is 1. The van der Waals surface area contributed by atoms with Crippen molar-refractivity contribution in [2.45, 2.75) is 75.0 Å². The molecule has 0 bridgehead atoms. The minimum atomic E-state index is -2.67. The number of benzene rings is 2. The van der Waals surface area contributed by atoms with Crippen LogP contribution in [0.2, 0.25) is 5.04 Å². The van der Waals surface area contributed by atoms with Gasteiger partial charge >= 0.3 is 0 Å². The first-order chi connectivity index (χ1) is 21.4. The molecule has 0 saturated heterocycles. The van der Waals surface area contributed by atoms with Crippen LogP contribution in [0, 0.1) is 0 Å². The molecule has 3 aromatic heterocycles. The van der Waals surface area contributed by atoms with Gasteiger partial charge in [0.15, 0.2) is 5.13 Å². The first-order valence-electron chi connectivity index (χ1n) is 15.0. The van der Waals surface area contributed by atoms with Crippen LogP contribution in [0.5, 0.6) is 0 Å². The molecule has 0 aliphatic rings. The molecule has 0 radical (unpaired) electrons. The third-order valence-electron chi connectivity index (χ3n) is 7.49. The zero-order chi connectivity index (χ0) is 32.1. The molecule has 0 unspecified atom stereocenters. The third kappa shape index (κ3) is 7.99. The van der Waals surface area contributed by atoms with E-state index in [4.69, 9.17) is 8.84 Å². The van der Waals surface area contributed by atoms with E-state index in [9.17, 15) is 4.79 Å². The zero-order valence-corrected chi connectivity index (χ0v) is 29.3. The van der Waals surface area contributed by atoms with Gasteiger partial charge in [0.05, 0.1) is 40.6 Å². The summed E-state index contributed by atoms with van der Waals surface area (Å²) in [6.07, 6.45) is 5.45. The minimum absolute atomic E-state index is 0.0532. The number of aromatic nitrogens is 3. The molecule has 0 aliphatic carbocycles. The van der Waals surface area contributed by atoms with E-state index in [-0.39, 0.29) is 22.8 Å². The quantitative estimate of drug-likeness (QED) is 0.117. The van der Waals surface area contributed by atoms with E-state index in [0.717, 1.165) is 21.2 Å². The van der Waals surface area contributed by atoms with Crippen molar-refractivity contribution in [3.63, 3.8) is 0 Å². The summed E-state index contributed by atoms with van der Waals surface area (Å²) in [6.45, 7) is 13.5. The Labute approximate surface area is 275 Å². The molecule has 1 N–H and O–H groups in total. The van der Waals surface area contributed by atoms with E-state index in [1.165, 1.54) is 21.7 Å². The summed E-state index contributed by atoms with van der Waals surface area (Å²) >= 11 is 3.02. The van der Waals surface area contributed by atoms with Gasteiger partial charge in [0.25, 0.3) is 8.32 Å². The maximum atomic E-state index is 12.8. The molecule has 5 rings (SSSR count). The van der Waals surface area contributed by atoms with Gasteiger partial charge in [0, 0.05) is 11.6 Å². The van der Waals surface area contributed by atoms with E-state index in [0.29, 0.717) is 23.4 Å². The Kier molecular flexibility index (Phi) is 10.1. The molecule has 3 heterocycles. The lowest BCUT2D eigenvalue weighted by atomic mass is 9.93. The number of hydrogen-bond donors (Lipinski definition) is 1. The van der Waals surface area contributed by atoms with Crippen LogP contribution in [0.3, 0.4) is 0 Å². The first-order valence-corrected chi connectivity index (χ1v) is 18.7. The van der Waals surface area contributed by atoms with E-state index in [1.54, 1.807) is 30.4 Å². The minimum Gasteiger partial charge on any atom is -0.448 e. The van der Waals surface area contributed by atoms with Crippen molar-refractivity contribution < 1.29 is 13.6 Å². The maximum Gasteiger partial charge on any atom is 0.261 e. The number of pyridine rings is 1. The molecule has 0 fully saturated rings. The summed E-state index contributed by atoms with van der Waals surface area (Å²) in [4.78, 5) is 26.4. The van der Waals surface area contributed by atoms with Crippen molar-refractivity contribution in [1.82, 2.24) is 15.0 Å². The highest BCUT2D eigenvalue weighted by atomic mass is 32.2. The van der Waals surface area contributed by atoms with Crippen LogP contribution >= 0.6 is 23.1 Å². The highest BCUT2D eigenvalue weighted by Crippen LogP contribution is 2.37. The van der Waals surface area contributed by atoms with Gasteiger partial charge in [-0.2, -0.15) is 0 Å². The Morgan fingerprint density at radius 1 is 0.911 bits per heavy atom. The van der Waals surface area contributed by atoms with Gasteiger partial charge in [-0.25, -0.2) is 9.97 Å². The number of nitrogens with zero attached hydrogens (tertiary/aromatic N) is 3. The number of thioether (sulfide) groups is 1. The zero-order valence-electron chi connectivity index (χ0n) is 26.7. The first kappa shape index (κ1) is 32.8. The maximum absolute atomic E-state index is 12.8. The second kappa shape index (κ2) is 13.8. The van der Waals surface area contributed by atoms with E-state index >= 15 is 0 Å². The lowest BCUT2D eigenvalue weighted by Gasteiger charge is -2.43. The topological polar surface area (TPSA) is 90.1 Å². The molecule has 45 heavy (non-hydrogen) atoms. The fourth-order valence-corrected chi connectivity index (χ4v) is 11.4. The predicted molar refractivity (Wildman–Crippen MR) is 186 cm³/mol. The fraction of sp³-hybridized carbons (Fsp3) is 0.314. The summed E-state index contributed by atoms with van der Waals surface area (Å²) in [5, 5.41) is 5.82. The number of hydrogen-bond acceptors (Lipinski definition) is 8. The van der Waals surface area contributed by atoms with Gasteiger partial charge in [-0.15, -0.1) is 11.8 Å². The standard InChI is InChI=1S/C35H40N4O3S2Si/c1-34(2,3)29-23-41-31(38-29)24-43-32-21-37-33(44-32)39-30(40)19-25-17-18-26(36-20-25)22-42-45(35(4,5)6,27-13-9-7-10-14-27)28-15-11-8-12-16-28/h7-18,20-21,23H,19,22,24H2,1-6H3,(H,37,39,40). The molecule has 0 aliphatic heterocycles. The lowest BCUT2D eigenvalue weighted by Crippen LogP contribution is -2.66. The predicted octanol–water partition coefficient (Wildman–Crippen LogP) is 7.37. The van der Waals surface area contributed by atoms with E-state index in [2.05, 4.69) is 110 Å². The van der Waals surface area contributed by atoms with Crippen LogP contribution in [0.4, 0.5) is 5.13 Å². The SMILES string of the molecule is CC(C)(C)c1coc(CSc2cnc(NC(=O)Cc3ccc(CO[Si](c4ccccc4)(c4ccccc4)C(C)(C)C)nc3)s2)n1. The van der Waals surface area contributed by atoms with Crippen LogP contribution in [0.15, 0.2) is 100 Å². The largest absolute Gasteiger partial charge is 0.448 e. The number of amides is 1. The van der Waals surface area contributed by atoms with Gasteiger partial charge < -0.3 is 14.2 Å². The van der Waals surface area contributed by atoms with Gasteiger partial charge in [-0.05, 0) is 27.0 Å². The normalized spacial score (nSPS) is 12.3. The lowest BCUT2D eigenvalue weighted by molar-refractivity contribution is -0.115. The molecule has 234 valence electrons. The number of nitrogens with one attached hydrogen (secondary N) is 1.